The summed E-state index contributed by atoms with van der Waals surface area (Å²) >= 11 is 0. The highest BCUT2D eigenvalue weighted by Gasteiger charge is 2.44. The third-order valence-electron chi connectivity index (χ3n) is 6.28. The van der Waals surface area contributed by atoms with E-state index in [2.05, 4.69) is 41.7 Å². The second-order valence-electron chi connectivity index (χ2n) is 10.1. The van der Waals surface area contributed by atoms with Gasteiger partial charge in [-0.1, -0.05) is 19.9 Å². The number of methoxy groups -OCH3 is 1. The number of carbonyl (C=O) groups excluding carboxylic acids is 2. The molecule has 0 bridgehead atoms. The zero-order valence-corrected chi connectivity index (χ0v) is 21.3. The summed E-state index contributed by atoms with van der Waals surface area (Å²) in [5, 5.41) is 10.8. The lowest BCUT2D eigenvalue weighted by Gasteiger charge is -2.38. The van der Waals surface area contributed by atoms with Gasteiger partial charge in [0.2, 0.25) is 11.8 Å². The minimum Gasteiger partial charge on any atom is -0.497 e. The number of amides is 2. The highest BCUT2D eigenvalue weighted by molar-refractivity contribution is 5.92. The molecule has 1 saturated heterocycles. The Morgan fingerprint density at radius 3 is 2.71 bits per heavy atom. The van der Waals surface area contributed by atoms with Crippen LogP contribution in [0.2, 0.25) is 0 Å². The van der Waals surface area contributed by atoms with Gasteiger partial charge in [0, 0.05) is 30.2 Å². The van der Waals surface area contributed by atoms with Gasteiger partial charge in [-0.25, -0.2) is 0 Å². The number of carbonyl (C=O) groups is 2. The van der Waals surface area contributed by atoms with Crippen molar-refractivity contribution in [1.82, 2.24) is 20.5 Å². The minimum atomic E-state index is -0.528. The molecule has 0 spiro atoms. The molecule has 3 N–H and O–H groups in total. The molecule has 3 rings (SSSR count). The van der Waals surface area contributed by atoms with Crippen LogP contribution < -0.4 is 20.7 Å². The van der Waals surface area contributed by atoms with Crippen LogP contribution in [-0.2, 0) is 9.59 Å². The summed E-state index contributed by atoms with van der Waals surface area (Å²) in [7, 11) is 1.66. The SMILES string of the molecule is COc1cc(NC(C)CCCNC(=O)[C@H](CC(C)C)N2C(=O)CNC2(C)C)c2ncccc2c1. The van der Waals surface area contributed by atoms with Crippen LogP contribution in [0.5, 0.6) is 5.75 Å². The fourth-order valence-electron chi connectivity index (χ4n) is 4.58. The molecule has 8 heteroatoms. The molecule has 1 unspecified atom stereocenters. The van der Waals surface area contributed by atoms with E-state index in [1.54, 1.807) is 18.2 Å². The standard InChI is InChI=1S/C26H39N5O3/c1-17(2)13-22(31-23(32)16-29-26(31,4)5)25(33)28-12-7-9-18(3)30-21-15-20(34-6)14-19-10-8-11-27-24(19)21/h8,10-11,14-15,17-18,22,29-30H,7,9,12-13,16H2,1-6H3,(H,28,33)/t18?,22-/m0/s1. The fourth-order valence-corrected chi connectivity index (χ4v) is 4.58. The molecule has 186 valence electrons. The molecule has 8 nitrogen and oxygen atoms in total. The molecular weight excluding hydrogens is 430 g/mol. The van der Waals surface area contributed by atoms with E-state index >= 15 is 0 Å². The van der Waals surface area contributed by atoms with Crippen molar-refractivity contribution in [2.45, 2.75) is 71.6 Å². The summed E-state index contributed by atoms with van der Waals surface area (Å²) in [4.78, 5) is 31.8. The van der Waals surface area contributed by atoms with Gasteiger partial charge in [-0.05, 0) is 58.1 Å². The van der Waals surface area contributed by atoms with Gasteiger partial charge >= 0.3 is 0 Å². The van der Waals surface area contributed by atoms with Crippen LogP contribution in [-0.4, -0.2) is 59.6 Å². The van der Waals surface area contributed by atoms with Crippen LogP contribution >= 0.6 is 0 Å². The molecular formula is C26H39N5O3. The monoisotopic (exact) mass is 469 g/mol. The third-order valence-corrected chi connectivity index (χ3v) is 6.28. The second-order valence-corrected chi connectivity index (χ2v) is 10.1. The fraction of sp³-hybridized carbons (Fsp3) is 0.577. The van der Waals surface area contributed by atoms with E-state index in [0.29, 0.717) is 18.9 Å². The van der Waals surface area contributed by atoms with E-state index in [0.717, 1.165) is 35.2 Å². The summed E-state index contributed by atoms with van der Waals surface area (Å²) in [5.74, 6) is 0.980. The van der Waals surface area contributed by atoms with Crippen LogP contribution in [0, 0.1) is 5.92 Å². The van der Waals surface area contributed by atoms with Crippen molar-refractivity contribution in [3.63, 3.8) is 0 Å². The van der Waals surface area contributed by atoms with Gasteiger partial charge in [0.15, 0.2) is 0 Å². The quantitative estimate of drug-likeness (QED) is 0.436. The molecule has 1 aliphatic heterocycles. The predicted molar refractivity (Wildman–Crippen MR) is 136 cm³/mol. The Bertz CT molecular complexity index is 1010. The average molecular weight is 470 g/mol. The van der Waals surface area contributed by atoms with E-state index in [9.17, 15) is 9.59 Å². The van der Waals surface area contributed by atoms with Gasteiger partial charge in [-0.15, -0.1) is 0 Å². The Labute approximate surface area is 202 Å². The third kappa shape index (κ3) is 6.17. The highest BCUT2D eigenvalue weighted by atomic mass is 16.5. The smallest absolute Gasteiger partial charge is 0.242 e. The Kier molecular flexibility index (Phi) is 8.36. The number of anilines is 1. The van der Waals surface area contributed by atoms with E-state index in [1.165, 1.54) is 0 Å². The van der Waals surface area contributed by atoms with Crippen molar-refractivity contribution in [3.05, 3.63) is 30.5 Å². The average Bonchev–Trinajstić information content (AvgIpc) is 3.06. The summed E-state index contributed by atoms with van der Waals surface area (Å²) < 4.78 is 5.44. The van der Waals surface area contributed by atoms with Crippen LogP contribution in [0.25, 0.3) is 10.9 Å². The largest absolute Gasteiger partial charge is 0.497 e. The molecule has 2 amide bonds. The Morgan fingerprint density at radius 2 is 2.06 bits per heavy atom. The molecule has 34 heavy (non-hydrogen) atoms. The number of nitrogens with zero attached hydrogens (tertiary/aromatic N) is 2. The van der Waals surface area contributed by atoms with E-state index in [1.807, 2.05) is 38.1 Å². The molecule has 2 heterocycles. The van der Waals surface area contributed by atoms with Gasteiger partial charge in [0.05, 0.1) is 30.5 Å². The summed E-state index contributed by atoms with van der Waals surface area (Å²) in [5.41, 5.74) is 1.32. The molecule has 2 aromatic rings. The number of hydrogen-bond donors (Lipinski definition) is 3. The molecule has 0 saturated carbocycles. The summed E-state index contributed by atoms with van der Waals surface area (Å²) in [6, 6.07) is 7.59. The Balaban J connectivity index is 1.55. The lowest BCUT2D eigenvalue weighted by molar-refractivity contribution is -0.141. The van der Waals surface area contributed by atoms with Gasteiger partial charge < -0.3 is 20.3 Å². The molecule has 1 aliphatic rings. The number of pyridine rings is 1. The van der Waals surface area contributed by atoms with Gasteiger partial charge in [-0.3, -0.25) is 19.9 Å². The number of benzene rings is 1. The second kappa shape index (κ2) is 11.0. The summed E-state index contributed by atoms with van der Waals surface area (Å²) in [6.07, 6.45) is 4.11. The number of rotatable bonds is 11. The predicted octanol–water partition coefficient (Wildman–Crippen LogP) is 3.52. The molecule has 1 aromatic carbocycles. The van der Waals surface area contributed by atoms with Crippen molar-refractivity contribution < 1.29 is 14.3 Å². The Morgan fingerprint density at radius 1 is 1.29 bits per heavy atom. The normalized spacial score (nSPS) is 17.1. The molecule has 0 aliphatic carbocycles. The van der Waals surface area contributed by atoms with Crippen LogP contribution in [0.3, 0.4) is 0 Å². The number of ether oxygens (including phenoxy) is 1. The first-order valence-electron chi connectivity index (χ1n) is 12.2. The first kappa shape index (κ1) is 25.7. The maximum atomic E-state index is 13.1. The number of hydrogen-bond acceptors (Lipinski definition) is 6. The van der Waals surface area contributed by atoms with E-state index in [4.69, 9.17) is 4.74 Å². The summed E-state index contributed by atoms with van der Waals surface area (Å²) in [6.45, 7) is 11.0. The molecule has 1 fully saturated rings. The zero-order valence-electron chi connectivity index (χ0n) is 21.3. The molecule has 2 atom stereocenters. The van der Waals surface area contributed by atoms with Crippen molar-refractivity contribution in [1.29, 1.82) is 0 Å². The van der Waals surface area contributed by atoms with Crippen LogP contribution in [0.1, 0.15) is 53.9 Å². The maximum absolute atomic E-state index is 13.1. The number of fused-ring (bicyclic) bond motifs is 1. The minimum absolute atomic E-state index is 0.0252. The zero-order chi connectivity index (χ0) is 24.9. The van der Waals surface area contributed by atoms with Crippen molar-refractivity contribution in [2.75, 3.05) is 25.5 Å². The van der Waals surface area contributed by atoms with Gasteiger partial charge in [0.25, 0.3) is 0 Å². The lowest BCUT2D eigenvalue weighted by atomic mass is 9.99. The van der Waals surface area contributed by atoms with E-state index in [-0.39, 0.29) is 24.4 Å². The lowest BCUT2D eigenvalue weighted by Crippen LogP contribution is -2.57. The first-order valence-corrected chi connectivity index (χ1v) is 12.2. The highest BCUT2D eigenvalue weighted by Crippen LogP contribution is 2.28. The molecule has 0 radical (unpaired) electrons. The van der Waals surface area contributed by atoms with E-state index < -0.39 is 11.7 Å². The van der Waals surface area contributed by atoms with Crippen molar-refractivity contribution in [3.8, 4) is 5.75 Å². The topological polar surface area (TPSA) is 95.6 Å². The van der Waals surface area contributed by atoms with Crippen molar-refractivity contribution >= 4 is 28.4 Å². The number of aromatic nitrogens is 1. The van der Waals surface area contributed by atoms with Crippen molar-refractivity contribution in [2.24, 2.45) is 5.92 Å². The van der Waals surface area contributed by atoms with Crippen LogP contribution in [0.15, 0.2) is 30.5 Å². The van der Waals surface area contributed by atoms with Gasteiger partial charge in [-0.2, -0.15) is 0 Å². The van der Waals surface area contributed by atoms with Gasteiger partial charge in [0.1, 0.15) is 11.8 Å². The first-order chi connectivity index (χ1) is 16.1. The van der Waals surface area contributed by atoms with Crippen LogP contribution in [0.4, 0.5) is 5.69 Å². The number of nitrogens with one attached hydrogen (secondary N) is 3. The maximum Gasteiger partial charge on any atom is 0.242 e. The molecule has 1 aromatic heterocycles. The Hall–Kier alpha value is -2.87.